The summed E-state index contributed by atoms with van der Waals surface area (Å²) in [6.07, 6.45) is 0.633. The number of benzene rings is 1. The molecule has 1 aromatic carbocycles. The van der Waals surface area contributed by atoms with Crippen molar-refractivity contribution in [2.75, 3.05) is 26.3 Å². The van der Waals surface area contributed by atoms with Crippen molar-refractivity contribution >= 4 is 20.0 Å². The monoisotopic (exact) mass is 320 g/mol. The fourth-order valence-electron chi connectivity index (χ4n) is 1.91. The third-order valence-electron chi connectivity index (χ3n) is 2.97. The summed E-state index contributed by atoms with van der Waals surface area (Å²) >= 11 is 0. The molecule has 0 aromatic heterocycles. The Balaban J connectivity index is 2.29. The molecule has 1 aliphatic heterocycles. The van der Waals surface area contributed by atoms with E-state index in [1.54, 1.807) is 0 Å². The topological polar surface area (TPSA) is 107 Å². The number of ether oxygens (including phenoxy) is 1. The van der Waals surface area contributed by atoms with Crippen LogP contribution in [0.2, 0.25) is 0 Å². The van der Waals surface area contributed by atoms with Crippen molar-refractivity contribution in [3.05, 3.63) is 24.3 Å². The molecule has 0 bridgehead atoms. The van der Waals surface area contributed by atoms with Crippen LogP contribution >= 0.6 is 0 Å². The molecule has 9 heteroatoms. The minimum absolute atomic E-state index is 0.0480. The maximum Gasteiger partial charge on any atom is 0.243 e. The van der Waals surface area contributed by atoms with Gasteiger partial charge in [0.2, 0.25) is 20.0 Å². The Morgan fingerprint density at radius 2 is 1.55 bits per heavy atom. The molecule has 1 fully saturated rings. The predicted octanol–water partition coefficient (Wildman–Crippen LogP) is -0.255. The maximum atomic E-state index is 12.4. The minimum atomic E-state index is -3.82. The SMILES string of the molecule is NS(=O)(=O)c1ccc(S(=O)(=O)N2CCCOCC2)cc1. The van der Waals surface area contributed by atoms with E-state index < -0.39 is 20.0 Å². The van der Waals surface area contributed by atoms with Gasteiger partial charge >= 0.3 is 0 Å². The Kier molecular flexibility index (Phi) is 4.45. The standard InChI is InChI=1S/C11H16N2O5S2/c12-19(14,15)10-2-4-11(5-3-10)20(16,17)13-6-1-8-18-9-7-13/h2-5H,1,6-9H2,(H2,12,14,15). The molecule has 0 amide bonds. The summed E-state index contributed by atoms with van der Waals surface area (Å²) in [5.41, 5.74) is 0. The zero-order valence-corrected chi connectivity index (χ0v) is 12.4. The van der Waals surface area contributed by atoms with Crippen LogP contribution in [0.15, 0.2) is 34.1 Å². The lowest BCUT2D eigenvalue weighted by molar-refractivity contribution is 0.148. The number of nitrogens with two attached hydrogens (primary N) is 1. The molecule has 1 heterocycles. The molecule has 2 N–H and O–H groups in total. The van der Waals surface area contributed by atoms with Gasteiger partial charge in [-0.25, -0.2) is 22.0 Å². The van der Waals surface area contributed by atoms with Gasteiger partial charge in [0.05, 0.1) is 16.4 Å². The van der Waals surface area contributed by atoms with Crippen molar-refractivity contribution in [3.63, 3.8) is 0 Å². The van der Waals surface area contributed by atoms with E-state index in [2.05, 4.69) is 0 Å². The Morgan fingerprint density at radius 3 is 2.15 bits per heavy atom. The molecule has 0 spiro atoms. The van der Waals surface area contributed by atoms with E-state index in [4.69, 9.17) is 9.88 Å². The molecule has 112 valence electrons. The largest absolute Gasteiger partial charge is 0.380 e. The third kappa shape index (κ3) is 3.36. The number of nitrogens with zero attached hydrogens (tertiary/aromatic N) is 1. The molecule has 1 aliphatic rings. The van der Waals surface area contributed by atoms with E-state index in [-0.39, 0.29) is 9.79 Å². The third-order valence-corrected chi connectivity index (χ3v) is 5.81. The number of sulfonamides is 2. The van der Waals surface area contributed by atoms with Crippen LogP contribution in [0, 0.1) is 0 Å². The second-order valence-corrected chi connectivity index (χ2v) is 7.89. The van der Waals surface area contributed by atoms with E-state index in [0.717, 1.165) is 0 Å². The highest BCUT2D eigenvalue weighted by Crippen LogP contribution is 2.19. The van der Waals surface area contributed by atoms with Crippen molar-refractivity contribution in [3.8, 4) is 0 Å². The second kappa shape index (κ2) is 5.78. The first kappa shape index (κ1) is 15.4. The lowest BCUT2D eigenvalue weighted by Gasteiger charge is -2.19. The number of primary sulfonamides is 1. The van der Waals surface area contributed by atoms with E-state index in [1.807, 2.05) is 0 Å². The van der Waals surface area contributed by atoms with Gasteiger partial charge in [-0.1, -0.05) is 0 Å². The molecule has 1 aromatic rings. The molecule has 20 heavy (non-hydrogen) atoms. The average Bonchev–Trinajstić information content (AvgIpc) is 2.67. The molecule has 2 rings (SSSR count). The lowest BCUT2D eigenvalue weighted by Crippen LogP contribution is -2.33. The second-order valence-electron chi connectivity index (χ2n) is 4.39. The van der Waals surface area contributed by atoms with E-state index in [9.17, 15) is 16.8 Å². The summed E-state index contributed by atoms with van der Waals surface area (Å²) in [5.74, 6) is 0. The van der Waals surface area contributed by atoms with Crippen molar-refractivity contribution in [2.24, 2.45) is 5.14 Å². The predicted molar refractivity (Wildman–Crippen MR) is 72.0 cm³/mol. The van der Waals surface area contributed by atoms with Crippen LogP contribution < -0.4 is 5.14 Å². The van der Waals surface area contributed by atoms with Gasteiger partial charge in [0.1, 0.15) is 0 Å². The average molecular weight is 320 g/mol. The first-order valence-electron chi connectivity index (χ1n) is 6.02. The highest BCUT2D eigenvalue weighted by molar-refractivity contribution is 7.89. The van der Waals surface area contributed by atoms with Gasteiger partial charge in [0.25, 0.3) is 0 Å². The first-order chi connectivity index (χ1) is 9.32. The summed E-state index contributed by atoms with van der Waals surface area (Å²) in [7, 11) is -7.45. The Bertz CT molecular complexity index is 659. The van der Waals surface area contributed by atoms with Gasteiger partial charge in [-0.3, -0.25) is 0 Å². The highest BCUT2D eigenvalue weighted by Gasteiger charge is 2.25. The van der Waals surface area contributed by atoms with E-state index in [1.165, 1.54) is 28.6 Å². The minimum Gasteiger partial charge on any atom is -0.380 e. The van der Waals surface area contributed by atoms with Gasteiger partial charge in [-0.15, -0.1) is 0 Å². The number of hydrogen-bond acceptors (Lipinski definition) is 5. The van der Waals surface area contributed by atoms with Crippen LogP contribution in [-0.2, 0) is 24.8 Å². The molecule has 0 aliphatic carbocycles. The van der Waals surface area contributed by atoms with Gasteiger partial charge in [-0.05, 0) is 30.7 Å². The van der Waals surface area contributed by atoms with Gasteiger partial charge in [0.15, 0.2) is 0 Å². The lowest BCUT2D eigenvalue weighted by atomic mass is 10.4. The molecular weight excluding hydrogens is 304 g/mol. The summed E-state index contributed by atoms with van der Waals surface area (Å²) in [6, 6.07) is 4.88. The molecule has 7 nitrogen and oxygen atoms in total. The fourth-order valence-corrected chi connectivity index (χ4v) is 3.89. The summed E-state index contributed by atoms with van der Waals surface area (Å²) in [6.45, 7) is 1.57. The Hall–Kier alpha value is -1.00. The summed E-state index contributed by atoms with van der Waals surface area (Å²) in [4.78, 5) is -0.0672. The van der Waals surface area contributed by atoms with Gasteiger partial charge in [0, 0.05) is 19.7 Å². The van der Waals surface area contributed by atoms with Crippen LogP contribution in [0.4, 0.5) is 0 Å². The Labute approximate surface area is 118 Å². The van der Waals surface area contributed by atoms with Crippen LogP contribution in [0.5, 0.6) is 0 Å². The van der Waals surface area contributed by atoms with Gasteiger partial charge < -0.3 is 4.74 Å². The quantitative estimate of drug-likeness (QED) is 0.826. The smallest absolute Gasteiger partial charge is 0.243 e. The molecule has 0 unspecified atom stereocenters. The van der Waals surface area contributed by atoms with Crippen molar-refractivity contribution in [1.29, 1.82) is 0 Å². The van der Waals surface area contributed by atoms with Crippen LogP contribution in [0.1, 0.15) is 6.42 Å². The molecule has 0 atom stereocenters. The van der Waals surface area contributed by atoms with E-state index >= 15 is 0 Å². The highest BCUT2D eigenvalue weighted by atomic mass is 32.2. The molecule has 0 saturated carbocycles. The van der Waals surface area contributed by atoms with Crippen molar-refractivity contribution in [2.45, 2.75) is 16.2 Å². The fraction of sp³-hybridized carbons (Fsp3) is 0.455. The van der Waals surface area contributed by atoms with E-state index in [0.29, 0.717) is 32.7 Å². The summed E-state index contributed by atoms with van der Waals surface area (Å²) in [5, 5.41) is 4.98. The molecule has 1 saturated heterocycles. The first-order valence-corrected chi connectivity index (χ1v) is 9.01. The van der Waals surface area contributed by atoms with Crippen molar-refractivity contribution < 1.29 is 21.6 Å². The zero-order chi connectivity index (χ0) is 14.8. The normalized spacial score (nSPS) is 18.6. The molecular formula is C11H16N2O5S2. The maximum absolute atomic E-state index is 12.4. The summed E-state index contributed by atoms with van der Waals surface area (Å²) < 4.78 is 53.6. The Morgan fingerprint density at radius 1 is 0.950 bits per heavy atom. The van der Waals surface area contributed by atoms with Gasteiger partial charge in [-0.2, -0.15) is 4.31 Å². The molecule has 0 radical (unpaired) electrons. The number of hydrogen-bond donors (Lipinski definition) is 1. The number of rotatable bonds is 3. The zero-order valence-electron chi connectivity index (χ0n) is 10.7. The van der Waals surface area contributed by atoms with Crippen LogP contribution in [-0.4, -0.2) is 47.4 Å². The van der Waals surface area contributed by atoms with Crippen LogP contribution in [0.3, 0.4) is 0 Å². The van der Waals surface area contributed by atoms with Crippen molar-refractivity contribution in [1.82, 2.24) is 4.31 Å². The van der Waals surface area contributed by atoms with Crippen LogP contribution in [0.25, 0.3) is 0 Å².